The summed E-state index contributed by atoms with van der Waals surface area (Å²) in [7, 11) is 0. The summed E-state index contributed by atoms with van der Waals surface area (Å²) in [6.45, 7) is 6.14. The van der Waals surface area contributed by atoms with Crippen LogP contribution >= 0.6 is 0 Å². The smallest absolute Gasteiger partial charge is 0.317 e. The molecule has 0 amide bonds. The average molecular weight is 361 g/mol. The summed E-state index contributed by atoms with van der Waals surface area (Å²) in [5, 5.41) is 12.4. The number of nitrogens with zero attached hydrogens (tertiary/aromatic N) is 4. The second kappa shape index (κ2) is 9.54. The van der Waals surface area contributed by atoms with Crippen LogP contribution in [0.15, 0.2) is 29.4 Å². The number of benzene rings is 1. The Bertz CT molecular complexity index is 588. The van der Waals surface area contributed by atoms with E-state index >= 15 is 0 Å². The summed E-state index contributed by atoms with van der Waals surface area (Å²) >= 11 is 0. The maximum Gasteiger partial charge on any atom is 0.317 e. The van der Waals surface area contributed by atoms with Crippen LogP contribution in [0.3, 0.4) is 0 Å². The molecule has 0 spiro atoms. The zero-order valence-electron chi connectivity index (χ0n) is 14.5. The normalized spacial score (nSPS) is 20.2. The fourth-order valence-electron chi connectivity index (χ4n) is 3.84. The second-order valence-corrected chi connectivity index (χ2v) is 6.79. The molecule has 1 aromatic carbocycles. The van der Waals surface area contributed by atoms with Crippen LogP contribution in [0.2, 0.25) is 0 Å². The molecule has 0 radical (unpaired) electrons. The molecular formula is C19H31N5O2. The monoisotopic (exact) mass is 361 g/mol. The van der Waals surface area contributed by atoms with Crippen molar-refractivity contribution in [3.63, 3.8) is 0 Å². The van der Waals surface area contributed by atoms with E-state index in [9.17, 15) is 4.79 Å². The molecule has 1 aromatic rings. The van der Waals surface area contributed by atoms with E-state index in [1.165, 1.54) is 5.69 Å². The Morgan fingerprint density at radius 3 is 2.27 bits per heavy atom. The first kappa shape index (κ1) is 20.2. The summed E-state index contributed by atoms with van der Waals surface area (Å²) in [6, 6.07) is 8.91. The van der Waals surface area contributed by atoms with Gasteiger partial charge in [0.05, 0.1) is 12.8 Å². The Balaban J connectivity index is 0.00000243. The van der Waals surface area contributed by atoms with Gasteiger partial charge in [-0.05, 0) is 30.5 Å². The molecule has 7 heteroatoms. The van der Waals surface area contributed by atoms with Gasteiger partial charge in [-0.2, -0.15) is 5.10 Å². The van der Waals surface area contributed by atoms with E-state index < -0.39 is 5.97 Å². The maximum atomic E-state index is 10.8. The van der Waals surface area contributed by atoms with E-state index in [1.54, 1.807) is 6.21 Å². The number of rotatable bonds is 5. The van der Waals surface area contributed by atoms with E-state index in [0.717, 1.165) is 57.7 Å². The topological polar surface area (TPSA) is 85.4 Å². The predicted octanol–water partition coefficient (Wildman–Crippen LogP) is 1.29. The first-order valence-electron chi connectivity index (χ1n) is 8.92. The highest BCUT2D eigenvalue weighted by Gasteiger charge is 2.28. The van der Waals surface area contributed by atoms with Gasteiger partial charge in [0, 0.05) is 51.0 Å². The summed E-state index contributed by atoms with van der Waals surface area (Å²) in [6.07, 6.45) is 3.79. The Hall–Kier alpha value is -2.12. The second-order valence-electron chi connectivity index (χ2n) is 6.79. The van der Waals surface area contributed by atoms with Crippen LogP contribution in [-0.4, -0.2) is 78.9 Å². The van der Waals surface area contributed by atoms with E-state index in [2.05, 4.69) is 27.0 Å². The highest BCUT2D eigenvalue weighted by molar-refractivity contribution is 5.80. The summed E-state index contributed by atoms with van der Waals surface area (Å²) < 4.78 is 0. The Kier molecular flexibility index (Phi) is 7.41. The van der Waals surface area contributed by atoms with E-state index in [1.807, 2.05) is 17.0 Å². The number of hydrogen-bond donors (Lipinski definition) is 2. The van der Waals surface area contributed by atoms with Gasteiger partial charge in [0.1, 0.15) is 0 Å². The van der Waals surface area contributed by atoms with Crippen molar-refractivity contribution < 1.29 is 9.90 Å². The quantitative estimate of drug-likeness (QED) is 0.467. The van der Waals surface area contributed by atoms with Gasteiger partial charge in [-0.1, -0.05) is 19.6 Å². The summed E-state index contributed by atoms with van der Waals surface area (Å²) in [5.41, 5.74) is 2.25. The molecule has 0 unspecified atom stereocenters. The number of carboxylic acids is 1. The zero-order chi connectivity index (χ0) is 17.6. The van der Waals surface area contributed by atoms with Crippen LogP contribution in [0, 0.1) is 0 Å². The molecule has 2 aliphatic rings. The first-order chi connectivity index (χ1) is 12.2. The molecule has 0 atom stereocenters. The van der Waals surface area contributed by atoms with Crippen molar-refractivity contribution >= 4 is 17.9 Å². The number of carbonyl (C=O) groups is 1. The SMILES string of the molecule is C.NN=Cc1ccc(N2CCN(C3CCN(CC(=O)O)CC3)CC2)cc1. The highest BCUT2D eigenvalue weighted by atomic mass is 16.4. The molecule has 26 heavy (non-hydrogen) atoms. The predicted molar refractivity (Wildman–Crippen MR) is 106 cm³/mol. The van der Waals surface area contributed by atoms with Gasteiger partial charge < -0.3 is 15.8 Å². The van der Waals surface area contributed by atoms with Crippen molar-refractivity contribution in [2.24, 2.45) is 10.9 Å². The lowest BCUT2D eigenvalue weighted by Gasteiger charge is -2.43. The van der Waals surface area contributed by atoms with Crippen LogP contribution < -0.4 is 10.7 Å². The molecule has 2 heterocycles. The van der Waals surface area contributed by atoms with Gasteiger partial charge in [0.15, 0.2) is 0 Å². The molecule has 3 N–H and O–H groups in total. The van der Waals surface area contributed by atoms with Crippen molar-refractivity contribution in [1.29, 1.82) is 0 Å². The van der Waals surface area contributed by atoms with Crippen molar-refractivity contribution in [2.75, 3.05) is 50.7 Å². The number of hydrogen-bond acceptors (Lipinski definition) is 6. The van der Waals surface area contributed by atoms with Crippen molar-refractivity contribution in [2.45, 2.75) is 26.3 Å². The summed E-state index contributed by atoms with van der Waals surface area (Å²) in [5.74, 6) is 4.46. The van der Waals surface area contributed by atoms with Gasteiger partial charge in [-0.3, -0.25) is 14.6 Å². The van der Waals surface area contributed by atoms with Crippen LogP contribution in [0.4, 0.5) is 5.69 Å². The molecule has 3 rings (SSSR count). The molecule has 7 nitrogen and oxygen atoms in total. The molecule has 0 bridgehead atoms. The minimum atomic E-state index is -0.726. The Labute approximate surface area is 156 Å². The molecule has 0 aromatic heterocycles. The van der Waals surface area contributed by atoms with Crippen LogP contribution in [0.5, 0.6) is 0 Å². The molecule has 2 saturated heterocycles. The van der Waals surface area contributed by atoms with Crippen molar-refractivity contribution in [3.05, 3.63) is 29.8 Å². The molecular weight excluding hydrogens is 330 g/mol. The number of nitrogens with two attached hydrogens (primary N) is 1. The minimum Gasteiger partial charge on any atom is -0.480 e. The standard InChI is InChI=1S/C18H27N5O2.CH4/c19-20-13-15-1-3-16(4-2-15)22-9-11-23(12-10-22)17-5-7-21(8-6-17)14-18(24)25;/h1-4,13,17H,5-12,14,19H2,(H,24,25);1H4. The first-order valence-corrected chi connectivity index (χ1v) is 8.92. The molecule has 144 valence electrons. The number of carboxylic acid groups (broad SMARTS) is 1. The van der Waals surface area contributed by atoms with Crippen LogP contribution in [0.25, 0.3) is 0 Å². The van der Waals surface area contributed by atoms with E-state index in [4.69, 9.17) is 10.9 Å². The fourth-order valence-corrected chi connectivity index (χ4v) is 3.84. The highest BCUT2D eigenvalue weighted by Crippen LogP contribution is 2.21. The van der Waals surface area contributed by atoms with Gasteiger partial charge in [-0.15, -0.1) is 0 Å². The summed E-state index contributed by atoms with van der Waals surface area (Å²) in [4.78, 5) is 17.8. The fraction of sp³-hybridized carbons (Fsp3) is 0.579. The van der Waals surface area contributed by atoms with Gasteiger partial charge >= 0.3 is 5.97 Å². The number of aliphatic carboxylic acids is 1. The number of piperazine rings is 1. The van der Waals surface area contributed by atoms with Gasteiger partial charge in [-0.25, -0.2) is 0 Å². The zero-order valence-corrected chi connectivity index (χ0v) is 14.5. The largest absolute Gasteiger partial charge is 0.480 e. The maximum absolute atomic E-state index is 10.8. The lowest BCUT2D eigenvalue weighted by atomic mass is 10.0. The average Bonchev–Trinajstić information content (AvgIpc) is 2.63. The van der Waals surface area contributed by atoms with Crippen molar-refractivity contribution in [1.82, 2.24) is 9.80 Å². The Morgan fingerprint density at radius 1 is 1.12 bits per heavy atom. The third-order valence-corrected chi connectivity index (χ3v) is 5.23. The molecule has 0 saturated carbocycles. The van der Waals surface area contributed by atoms with Crippen LogP contribution in [0.1, 0.15) is 25.8 Å². The van der Waals surface area contributed by atoms with Gasteiger partial charge in [0.25, 0.3) is 0 Å². The van der Waals surface area contributed by atoms with Gasteiger partial charge in [0.2, 0.25) is 0 Å². The number of piperidine rings is 1. The molecule has 2 aliphatic heterocycles. The van der Waals surface area contributed by atoms with Crippen molar-refractivity contribution in [3.8, 4) is 0 Å². The number of anilines is 1. The third kappa shape index (κ3) is 5.19. The lowest BCUT2D eigenvalue weighted by molar-refractivity contribution is -0.138. The van der Waals surface area contributed by atoms with Crippen LogP contribution in [-0.2, 0) is 4.79 Å². The van der Waals surface area contributed by atoms with E-state index in [0.29, 0.717) is 6.04 Å². The molecule has 2 fully saturated rings. The number of hydrazone groups is 1. The minimum absolute atomic E-state index is 0. The lowest BCUT2D eigenvalue weighted by Crippen LogP contribution is -2.53. The third-order valence-electron chi connectivity index (χ3n) is 5.23. The number of likely N-dealkylation sites (tertiary alicyclic amines) is 1. The molecule has 0 aliphatic carbocycles. The van der Waals surface area contributed by atoms with E-state index in [-0.39, 0.29) is 14.0 Å². The Morgan fingerprint density at radius 2 is 1.73 bits per heavy atom.